The number of halogens is 3. The predicted octanol–water partition coefficient (Wildman–Crippen LogP) is 2.53. The lowest BCUT2D eigenvalue weighted by molar-refractivity contribution is -0.145. The van der Waals surface area contributed by atoms with Crippen molar-refractivity contribution in [2.75, 3.05) is 42.5 Å². The fourth-order valence-electron chi connectivity index (χ4n) is 5.79. The van der Waals surface area contributed by atoms with Crippen molar-refractivity contribution >= 4 is 35.5 Å². The van der Waals surface area contributed by atoms with E-state index in [1.165, 1.54) is 6.07 Å². The van der Waals surface area contributed by atoms with Gasteiger partial charge in [0.05, 0.1) is 18.1 Å². The highest BCUT2D eigenvalue weighted by atomic mass is 19.4. The van der Waals surface area contributed by atoms with E-state index in [0.717, 1.165) is 5.56 Å². The number of benzene rings is 1. The number of hydrogen-bond donors (Lipinski definition) is 5. The molecule has 0 radical (unpaired) electrons. The fourth-order valence-corrected chi connectivity index (χ4v) is 5.79. The maximum atomic E-state index is 13.9. The van der Waals surface area contributed by atoms with Gasteiger partial charge in [0.25, 0.3) is 0 Å². The molecule has 3 amide bonds. The third kappa shape index (κ3) is 9.93. The zero-order valence-corrected chi connectivity index (χ0v) is 26.0. The highest BCUT2D eigenvalue weighted by Gasteiger charge is 2.39. The number of alkyl halides is 3. The molecule has 0 saturated carbocycles. The summed E-state index contributed by atoms with van der Waals surface area (Å²) >= 11 is 0. The number of carbonyl (C=O) groups is 4. The third-order valence-corrected chi connectivity index (χ3v) is 8.36. The lowest BCUT2D eigenvalue weighted by Gasteiger charge is -2.34. The van der Waals surface area contributed by atoms with Gasteiger partial charge in [-0.1, -0.05) is 12.1 Å². The van der Waals surface area contributed by atoms with Crippen LogP contribution in [0, 0.1) is 17.2 Å². The molecular weight excluding hydrogens is 637 g/mol. The van der Waals surface area contributed by atoms with Gasteiger partial charge in [0.1, 0.15) is 23.7 Å². The van der Waals surface area contributed by atoms with E-state index in [4.69, 9.17) is 15.5 Å². The maximum absolute atomic E-state index is 13.9. The van der Waals surface area contributed by atoms with Crippen LogP contribution < -0.4 is 25.8 Å². The zero-order valence-electron chi connectivity index (χ0n) is 26.0. The maximum Gasteiger partial charge on any atom is 0.451 e. The Hall–Kier alpha value is -5.14. The second-order valence-electron chi connectivity index (χ2n) is 11.7. The molecule has 2 saturated heterocycles. The number of carbonyl (C=O) groups excluding carboxylic acids is 2. The minimum Gasteiger partial charge on any atom is -0.481 e. The quantitative estimate of drug-likeness (QED) is 0.209. The van der Waals surface area contributed by atoms with E-state index < -0.39 is 48.5 Å². The SMILES string of the molecule is N#Cc1ccc(CCNC(=O)C2CCCN2c2cc(N3CCC(CCNC(=O)NC(CC(=O)O)C(=O)O)CC3)nc(C(F)(F)F)n2)cc1. The number of piperidine rings is 1. The molecule has 2 aromatic rings. The molecular formula is C31H37F3N8O6. The summed E-state index contributed by atoms with van der Waals surface area (Å²) in [7, 11) is 0. The van der Waals surface area contributed by atoms with E-state index in [2.05, 4.69) is 25.9 Å². The Morgan fingerprint density at radius 1 is 0.979 bits per heavy atom. The van der Waals surface area contributed by atoms with Gasteiger partial charge in [0.15, 0.2) is 0 Å². The number of nitrogens with one attached hydrogen (secondary N) is 3. The molecule has 5 N–H and O–H groups in total. The van der Waals surface area contributed by atoms with E-state index in [1.54, 1.807) is 34.1 Å². The number of rotatable bonds is 13. The van der Waals surface area contributed by atoms with Crippen molar-refractivity contribution in [3.8, 4) is 6.07 Å². The van der Waals surface area contributed by atoms with Crippen molar-refractivity contribution < 1.29 is 42.6 Å². The van der Waals surface area contributed by atoms with Crippen LogP contribution in [0.3, 0.4) is 0 Å². The molecule has 2 aliphatic heterocycles. The minimum atomic E-state index is -4.81. The van der Waals surface area contributed by atoms with E-state index >= 15 is 0 Å². The van der Waals surface area contributed by atoms with Crippen molar-refractivity contribution in [2.24, 2.45) is 5.92 Å². The predicted molar refractivity (Wildman–Crippen MR) is 165 cm³/mol. The smallest absolute Gasteiger partial charge is 0.451 e. The van der Waals surface area contributed by atoms with Gasteiger partial charge < -0.3 is 36.0 Å². The Labute approximate surface area is 274 Å². The van der Waals surface area contributed by atoms with Crippen LogP contribution in [0.25, 0.3) is 0 Å². The number of aromatic nitrogens is 2. The first-order valence-corrected chi connectivity index (χ1v) is 15.6. The van der Waals surface area contributed by atoms with E-state index in [1.807, 2.05) is 6.07 Å². The van der Waals surface area contributed by atoms with Crippen LogP contribution in [0.2, 0.25) is 0 Å². The highest BCUT2D eigenvalue weighted by Crippen LogP contribution is 2.34. The van der Waals surface area contributed by atoms with Gasteiger partial charge in [-0.05, 0) is 62.1 Å². The van der Waals surface area contributed by atoms with Gasteiger partial charge >= 0.3 is 24.1 Å². The summed E-state index contributed by atoms with van der Waals surface area (Å²) in [5, 5.41) is 34.3. The average Bonchev–Trinajstić information content (AvgIpc) is 3.55. The number of nitriles is 1. The molecule has 1 aromatic carbocycles. The summed E-state index contributed by atoms with van der Waals surface area (Å²) in [6, 6.07) is 7.44. The molecule has 3 heterocycles. The molecule has 0 aliphatic carbocycles. The van der Waals surface area contributed by atoms with Crippen LogP contribution in [0.1, 0.15) is 55.5 Å². The van der Waals surface area contributed by atoms with Gasteiger partial charge in [-0.25, -0.2) is 19.6 Å². The van der Waals surface area contributed by atoms with Crippen LogP contribution in [-0.2, 0) is 27.0 Å². The molecule has 1 aromatic heterocycles. The fraction of sp³-hybridized carbons (Fsp3) is 0.516. The van der Waals surface area contributed by atoms with Gasteiger partial charge in [0, 0.05) is 38.8 Å². The lowest BCUT2D eigenvalue weighted by Crippen LogP contribution is -2.47. The van der Waals surface area contributed by atoms with E-state index in [9.17, 15) is 32.3 Å². The Balaban J connectivity index is 1.33. The first kappa shape index (κ1) is 35.7. The Morgan fingerprint density at radius 2 is 1.67 bits per heavy atom. The minimum absolute atomic E-state index is 0.0250. The summed E-state index contributed by atoms with van der Waals surface area (Å²) in [6.45, 7) is 1.65. The van der Waals surface area contributed by atoms with E-state index in [-0.39, 0.29) is 30.0 Å². The number of aliphatic carboxylic acids is 2. The summed E-state index contributed by atoms with van der Waals surface area (Å²) < 4.78 is 41.8. The number of hydrogen-bond acceptors (Lipinski definition) is 9. The molecule has 4 rings (SSSR count). The number of anilines is 2. The standard InChI is InChI=1S/C31H37F3N8O6/c32-31(33,34)29-39-24(41-14-9-20(10-15-41)8-12-37-30(48)38-22(28(46)47)16-26(43)44)17-25(40-29)42-13-1-2-23(42)27(45)36-11-7-19-3-5-21(18-35)6-4-19/h3-6,17,20,22-23H,1-2,7-16H2,(H,36,45)(H,43,44)(H,46,47)(H2,37,38,48). The topological polar surface area (TPSA) is 201 Å². The number of carboxylic acid groups (broad SMARTS) is 2. The second-order valence-corrected chi connectivity index (χ2v) is 11.7. The Morgan fingerprint density at radius 3 is 2.29 bits per heavy atom. The third-order valence-electron chi connectivity index (χ3n) is 8.36. The number of nitrogens with zero attached hydrogens (tertiary/aromatic N) is 5. The Bertz CT molecular complexity index is 1510. The summed E-state index contributed by atoms with van der Waals surface area (Å²) in [5.41, 5.74) is 1.46. The summed E-state index contributed by atoms with van der Waals surface area (Å²) in [4.78, 5) is 58.1. The summed E-state index contributed by atoms with van der Waals surface area (Å²) in [5.74, 6) is -4.19. The second kappa shape index (κ2) is 16.1. The molecule has 2 atom stereocenters. The molecule has 48 heavy (non-hydrogen) atoms. The normalized spacial score (nSPS) is 17.3. The van der Waals surface area contributed by atoms with Crippen molar-refractivity contribution in [3.05, 3.63) is 47.3 Å². The molecule has 2 aliphatic rings. The largest absolute Gasteiger partial charge is 0.481 e. The Kier molecular flexibility index (Phi) is 12.0. The van der Waals surface area contributed by atoms with Gasteiger partial charge in [-0.2, -0.15) is 18.4 Å². The highest BCUT2D eigenvalue weighted by molar-refractivity contribution is 5.86. The molecule has 2 unspecified atom stereocenters. The van der Waals surface area contributed by atoms with Crippen molar-refractivity contribution in [1.29, 1.82) is 5.26 Å². The average molecular weight is 675 g/mol. The first-order valence-electron chi connectivity index (χ1n) is 15.6. The van der Waals surface area contributed by atoms with Crippen molar-refractivity contribution in [3.63, 3.8) is 0 Å². The van der Waals surface area contributed by atoms with Crippen molar-refractivity contribution in [2.45, 2.75) is 63.2 Å². The number of carboxylic acids is 2. The molecule has 258 valence electrons. The molecule has 2 fully saturated rings. The molecule has 14 nitrogen and oxygen atoms in total. The summed E-state index contributed by atoms with van der Waals surface area (Å²) in [6.07, 6.45) is -2.29. The monoisotopic (exact) mass is 674 g/mol. The molecule has 0 spiro atoms. The van der Waals surface area contributed by atoms with Gasteiger partial charge in [-0.15, -0.1) is 0 Å². The van der Waals surface area contributed by atoms with Gasteiger partial charge in [-0.3, -0.25) is 9.59 Å². The number of amides is 3. The lowest BCUT2D eigenvalue weighted by atomic mass is 9.93. The van der Waals surface area contributed by atoms with E-state index in [0.29, 0.717) is 70.3 Å². The van der Waals surface area contributed by atoms with Crippen LogP contribution in [0.4, 0.5) is 29.6 Å². The van der Waals surface area contributed by atoms with Crippen LogP contribution in [0.5, 0.6) is 0 Å². The van der Waals surface area contributed by atoms with Crippen LogP contribution in [-0.4, -0.2) is 88.9 Å². The molecule has 0 bridgehead atoms. The first-order chi connectivity index (χ1) is 22.8. The van der Waals surface area contributed by atoms with Crippen molar-refractivity contribution in [1.82, 2.24) is 25.9 Å². The molecule has 17 heteroatoms. The van der Waals surface area contributed by atoms with Gasteiger partial charge in [0.2, 0.25) is 11.7 Å². The van der Waals surface area contributed by atoms with Crippen LogP contribution in [0.15, 0.2) is 30.3 Å². The van der Waals surface area contributed by atoms with Crippen LogP contribution >= 0.6 is 0 Å². The number of urea groups is 1. The zero-order chi connectivity index (χ0) is 34.8.